The van der Waals surface area contributed by atoms with Crippen molar-refractivity contribution in [1.82, 2.24) is 0 Å². The molecule has 110 valence electrons. The van der Waals surface area contributed by atoms with Crippen molar-refractivity contribution in [2.45, 2.75) is 38.7 Å². The normalized spacial score (nSPS) is 24.1. The molecule has 4 nitrogen and oxygen atoms in total. The maximum absolute atomic E-state index is 11.3. The highest BCUT2D eigenvalue weighted by atomic mass is 16.5. The van der Waals surface area contributed by atoms with Crippen molar-refractivity contribution in [1.29, 1.82) is 0 Å². The molecule has 1 saturated carbocycles. The molecule has 0 aromatic heterocycles. The van der Waals surface area contributed by atoms with Crippen LogP contribution in [0.4, 0.5) is 0 Å². The number of hydrogen-bond acceptors (Lipinski definition) is 3. The summed E-state index contributed by atoms with van der Waals surface area (Å²) in [4.78, 5) is 11.3. The van der Waals surface area contributed by atoms with Crippen LogP contribution in [0.25, 0.3) is 0 Å². The number of aliphatic hydroxyl groups excluding tert-OH is 1. The highest BCUT2D eigenvalue weighted by Crippen LogP contribution is 2.39. The van der Waals surface area contributed by atoms with E-state index < -0.39 is 18.0 Å². The highest BCUT2D eigenvalue weighted by Gasteiger charge is 2.36. The van der Waals surface area contributed by atoms with Crippen molar-refractivity contribution in [2.75, 3.05) is 7.11 Å². The Morgan fingerprint density at radius 1 is 1.35 bits per heavy atom. The second kappa shape index (κ2) is 6.27. The van der Waals surface area contributed by atoms with E-state index in [1.807, 2.05) is 25.1 Å². The van der Waals surface area contributed by atoms with Gasteiger partial charge in [-0.15, -0.1) is 0 Å². The van der Waals surface area contributed by atoms with Gasteiger partial charge in [-0.05, 0) is 43.0 Å². The predicted molar refractivity (Wildman–Crippen MR) is 75.8 cm³/mol. The fourth-order valence-electron chi connectivity index (χ4n) is 3.18. The van der Waals surface area contributed by atoms with Crippen LogP contribution in [-0.4, -0.2) is 23.3 Å². The van der Waals surface area contributed by atoms with Crippen molar-refractivity contribution in [2.24, 2.45) is 11.8 Å². The quantitative estimate of drug-likeness (QED) is 0.888. The van der Waals surface area contributed by atoms with Gasteiger partial charge in [-0.1, -0.05) is 18.9 Å². The van der Waals surface area contributed by atoms with E-state index in [-0.39, 0.29) is 5.92 Å². The Morgan fingerprint density at radius 3 is 2.65 bits per heavy atom. The Labute approximate surface area is 119 Å². The number of carboxylic acid groups (broad SMARTS) is 1. The van der Waals surface area contributed by atoms with Crippen LogP contribution in [0.2, 0.25) is 0 Å². The average Bonchev–Trinajstić information content (AvgIpc) is 2.46. The van der Waals surface area contributed by atoms with Gasteiger partial charge in [-0.2, -0.15) is 0 Å². The fourth-order valence-corrected chi connectivity index (χ4v) is 3.18. The van der Waals surface area contributed by atoms with E-state index in [0.717, 1.165) is 36.1 Å². The van der Waals surface area contributed by atoms with Gasteiger partial charge in [-0.25, -0.2) is 0 Å². The third-order valence-corrected chi connectivity index (χ3v) is 4.30. The van der Waals surface area contributed by atoms with Gasteiger partial charge >= 0.3 is 5.97 Å². The number of ether oxygens (including phenoxy) is 1. The molecule has 0 aliphatic heterocycles. The van der Waals surface area contributed by atoms with Gasteiger partial charge in [0.25, 0.3) is 0 Å². The molecule has 0 saturated heterocycles. The van der Waals surface area contributed by atoms with Gasteiger partial charge in [0.2, 0.25) is 0 Å². The molecule has 20 heavy (non-hydrogen) atoms. The van der Waals surface area contributed by atoms with Crippen LogP contribution in [0.3, 0.4) is 0 Å². The van der Waals surface area contributed by atoms with E-state index in [2.05, 4.69) is 0 Å². The maximum atomic E-state index is 11.3. The Hall–Kier alpha value is -1.55. The van der Waals surface area contributed by atoms with Crippen LogP contribution < -0.4 is 4.74 Å². The Kier molecular flexibility index (Phi) is 4.65. The van der Waals surface area contributed by atoms with Gasteiger partial charge in [-0.3, -0.25) is 4.79 Å². The van der Waals surface area contributed by atoms with E-state index >= 15 is 0 Å². The van der Waals surface area contributed by atoms with Crippen molar-refractivity contribution >= 4 is 5.97 Å². The van der Waals surface area contributed by atoms with Crippen molar-refractivity contribution < 1.29 is 19.7 Å². The molecule has 0 spiro atoms. The summed E-state index contributed by atoms with van der Waals surface area (Å²) >= 11 is 0. The molecule has 1 aromatic rings. The standard InChI is InChI=1S/C16H22O4/c1-10-9-11(7-8-14(10)20-2)15(17)12-5-3-4-6-13(12)16(18)19/h7-9,12-13,15,17H,3-6H2,1-2H3,(H,18,19). The molecule has 3 unspecified atom stereocenters. The summed E-state index contributed by atoms with van der Waals surface area (Å²) in [5.74, 6) is -0.659. The first-order valence-corrected chi connectivity index (χ1v) is 7.10. The summed E-state index contributed by atoms with van der Waals surface area (Å²) in [7, 11) is 1.61. The van der Waals surface area contributed by atoms with Gasteiger partial charge in [0, 0.05) is 5.92 Å². The topological polar surface area (TPSA) is 66.8 Å². The number of hydrogen-bond donors (Lipinski definition) is 2. The molecule has 1 fully saturated rings. The first-order chi connectivity index (χ1) is 9.54. The second-order valence-corrected chi connectivity index (χ2v) is 5.57. The summed E-state index contributed by atoms with van der Waals surface area (Å²) < 4.78 is 5.21. The molecule has 1 aliphatic carbocycles. The summed E-state index contributed by atoms with van der Waals surface area (Å²) in [5, 5.41) is 19.9. The molecule has 0 bridgehead atoms. The number of aliphatic hydroxyl groups is 1. The summed E-state index contributed by atoms with van der Waals surface area (Å²) in [6, 6.07) is 5.54. The minimum Gasteiger partial charge on any atom is -0.496 e. The van der Waals surface area contributed by atoms with Crippen LogP contribution in [0.15, 0.2) is 18.2 Å². The number of aliphatic carboxylic acids is 1. The smallest absolute Gasteiger partial charge is 0.306 e. The number of aryl methyl sites for hydroxylation is 1. The zero-order chi connectivity index (χ0) is 14.7. The third kappa shape index (κ3) is 2.96. The average molecular weight is 278 g/mol. The van der Waals surface area contributed by atoms with Crippen LogP contribution >= 0.6 is 0 Å². The Bertz CT molecular complexity index is 483. The zero-order valence-electron chi connectivity index (χ0n) is 12.0. The van der Waals surface area contributed by atoms with E-state index in [4.69, 9.17) is 4.74 Å². The van der Waals surface area contributed by atoms with Crippen LogP contribution in [0.1, 0.15) is 42.9 Å². The third-order valence-electron chi connectivity index (χ3n) is 4.30. The number of carboxylic acids is 1. The molecular formula is C16H22O4. The zero-order valence-corrected chi connectivity index (χ0v) is 12.0. The fraction of sp³-hybridized carbons (Fsp3) is 0.562. The molecular weight excluding hydrogens is 256 g/mol. The lowest BCUT2D eigenvalue weighted by molar-refractivity contribution is -0.147. The lowest BCUT2D eigenvalue weighted by Gasteiger charge is -2.32. The summed E-state index contributed by atoms with van der Waals surface area (Å²) in [5.41, 5.74) is 1.73. The predicted octanol–water partition coefficient (Wildman–Crippen LogP) is 2.93. The highest BCUT2D eigenvalue weighted by molar-refractivity contribution is 5.70. The molecule has 1 aromatic carbocycles. The lowest BCUT2D eigenvalue weighted by Crippen LogP contribution is -2.31. The molecule has 4 heteroatoms. The number of carbonyl (C=O) groups is 1. The largest absolute Gasteiger partial charge is 0.496 e. The maximum Gasteiger partial charge on any atom is 0.306 e. The molecule has 1 aliphatic rings. The van der Waals surface area contributed by atoms with E-state index in [9.17, 15) is 15.0 Å². The van der Waals surface area contributed by atoms with Crippen molar-refractivity contribution in [3.63, 3.8) is 0 Å². The Morgan fingerprint density at radius 2 is 2.05 bits per heavy atom. The van der Waals surface area contributed by atoms with Gasteiger partial charge in [0.15, 0.2) is 0 Å². The van der Waals surface area contributed by atoms with Crippen molar-refractivity contribution in [3.05, 3.63) is 29.3 Å². The van der Waals surface area contributed by atoms with E-state index in [1.165, 1.54) is 0 Å². The monoisotopic (exact) mass is 278 g/mol. The lowest BCUT2D eigenvalue weighted by atomic mass is 9.74. The number of benzene rings is 1. The minimum atomic E-state index is -0.793. The van der Waals surface area contributed by atoms with Crippen LogP contribution in [0, 0.1) is 18.8 Å². The van der Waals surface area contributed by atoms with Gasteiger partial charge in [0.05, 0.1) is 19.1 Å². The molecule has 2 rings (SSSR count). The van der Waals surface area contributed by atoms with E-state index in [1.54, 1.807) is 7.11 Å². The molecule has 0 heterocycles. The van der Waals surface area contributed by atoms with Gasteiger partial charge in [0.1, 0.15) is 5.75 Å². The van der Waals surface area contributed by atoms with E-state index in [0.29, 0.717) is 6.42 Å². The summed E-state index contributed by atoms with van der Waals surface area (Å²) in [6.45, 7) is 1.92. The van der Waals surface area contributed by atoms with Crippen LogP contribution in [-0.2, 0) is 4.79 Å². The minimum absolute atomic E-state index is 0.200. The first kappa shape index (κ1) is 14.9. The molecule has 0 radical (unpaired) electrons. The molecule has 3 atom stereocenters. The molecule has 2 N–H and O–H groups in total. The first-order valence-electron chi connectivity index (χ1n) is 7.10. The Balaban J connectivity index is 2.22. The second-order valence-electron chi connectivity index (χ2n) is 5.57. The SMILES string of the molecule is COc1ccc(C(O)C2CCCCC2C(=O)O)cc1C. The van der Waals surface area contributed by atoms with Crippen LogP contribution in [0.5, 0.6) is 5.75 Å². The molecule has 0 amide bonds. The van der Waals surface area contributed by atoms with Crippen molar-refractivity contribution in [3.8, 4) is 5.75 Å². The number of rotatable bonds is 4. The van der Waals surface area contributed by atoms with Gasteiger partial charge < -0.3 is 14.9 Å². The number of methoxy groups -OCH3 is 1. The summed E-state index contributed by atoms with van der Waals surface area (Å²) in [6.07, 6.45) is 2.62.